The van der Waals surface area contributed by atoms with Crippen molar-refractivity contribution in [3.63, 3.8) is 0 Å². The highest BCUT2D eigenvalue weighted by molar-refractivity contribution is 7.98. The molecule has 0 atom stereocenters. The van der Waals surface area contributed by atoms with E-state index in [1.807, 2.05) is 28.8 Å². The molecule has 3 heterocycles. The van der Waals surface area contributed by atoms with Crippen molar-refractivity contribution in [3.05, 3.63) is 65.3 Å². The molecule has 5 rings (SSSR count). The standard InChI is InChI=1S/C21H18ClFN6O2S/c22-17-7-2-1-6-16(17)19-24-18(31-27-19)13-32-21-26-25-20(28-8-10-30-11-9-28)29(21)15-5-3-4-14(23)12-15/h1-7,12H,8-11,13H2. The third-order valence-electron chi connectivity index (χ3n) is 4.88. The Kier molecular flexibility index (Phi) is 6.06. The van der Waals surface area contributed by atoms with Crippen LogP contribution in [-0.4, -0.2) is 51.2 Å². The summed E-state index contributed by atoms with van der Waals surface area (Å²) in [6.07, 6.45) is 0. The molecule has 11 heteroatoms. The number of aromatic nitrogens is 5. The largest absolute Gasteiger partial charge is 0.378 e. The fraction of sp³-hybridized carbons (Fsp3) is 0.238. The predicted octanol–water partition coefficient (Wildman–Crippen LogP) is 4.24. The lowest BCUT2D eigenvalue weighted by Gasteiger charge is -2.27. The van der Waals surface area contributed by atoms with E-state index in [4.69, 9.17) is 20.9 Å². The number of hydrogen-bond donors (Lipinski definition) is 0. The zero-order valence-corrected chi connectivity index (χ0v) is 18.4. The molecule has 0 bridgehead atoms. The monoisotopic (exact) mass is 472 g/mol. The summed E-state index contributed by atoms with van der Waals surface area (Å²) in [5, 5.41) is 13.9. The Morgan fingerprint density at radius 3 is 2.72 bits per heavy atom. The van der Waals surface area contributed by atoms with Crippen molar-refractivity contribution in [1.82, 2.24) is 24.9 Å². The normalized spacial score (nSPS) is 14.1. The van der Waals surface area contributed by atoms with Gasteiger partial charge in [-0.3, -0.25) is 4.57 Å². The molecular weight excluding hydrogens is 455 g/mol. The summed E-state index contributed by atoms with van der Waals surface area (Å²) in [5.41, 5.74) is 1.34. The predicted molar refractivity (Wildman–Crippen MR) is 119 cm³/mol. The van der Waals surface area contributed by atoms with Gasteiger partial charge in [0.05, 0.1) is 29.7 Å². The number of anilines is 1. The van der Waals surface area contributed by atoms with Gasteiger partial charge in [0.15, 0.2) is 5.16 Å². The summed E-state index contributed by atoms with van der Waals surface area (Å²) >= 11 is 7.60. The second-order valence-corrected chi connectivity index (χ2v) is 8.33. The van der Waals surface area contributed by atoms with Gasteiger partial charge in [0.2, 0.25) is 17.7 Å². The van der Waals surface area contributed by atoms with E-state index in [-0.39, 0.29) is 5.82 Å². The SMILES string of the molecule is Fc1cccc(-n2c(SCc3nc(-c4ccccc4Cl)no3)nnc2N2CCOCC2)c1. The lowest BCUT2D eigenvalue weighted by molar-refractivity contribution is 0.122. The smallest absolute Gasteiger partial charge is 0.237 e. The van der Waals surface area contributed by atoms with Gasteiger partial charge in [-0.2, -0.15) is 4.98 Å². The van der Waals surface area contributed by atoms with E-state index in [1.54, 1.807) is 12.1 Å². The first-order valence-electron chi connectivity index (χ1n) is 9.93. The van der Waals surface area contributed by atoms with Gasteiger partial charge in [0, 0.05) is 18.7 Å². The molecule has 1 fully saturated rings. The minimum Gasteiger partial charge on any atom is -0.378 e. The van der Waals surface area contributed by atoms with Crippen molar-refractivity contribution in [3.8, 4) is 17.1 Å². The number of benzene rings is 2. The van der Waals surface area contributed by atoms with Crippen molar-refractivity contribution in [2.45, 2.75) is 10.9 Å². The van der Waals surface area contributed by atoms with Crippen LogP contribution in [0.5, 0.6) is 0 Å². The molecule has 0 amide bonds. The fourth-order valence-electron chi connectivity index (χ4n) is 3.36. The van der Waals surface area contributed by atoms with Crippen molar-refractivity contribution in [2.75, 3.05) is 31.2 Å². The van der Waals surface area contributed by atoms with Crippen LogP contribution in [0.1, 0.15) is 5.89 Å². The third kappa shape index (κ3) is 4.34. The van der Waals surface area contributed by atoms with Crippen molar-refractivity contribution in [1.29, 1.82) is 0 Å². The van der Waals surface area contributed by atoms with Crippen LogP contribution < -0.4 is 4.90 Å². The summed E-state index contributed by atoms with van der Waals surface area (Å²) in [6, 6.07) is 13.7. The summed E-state index contributed by atoms with van der Waals surface area (Å²) < 4.78 is 26.7. The Morgan fingerprint density at radius 1 is 1.06 bits per heavy atom. The minimum absolute atomic E-state index is 0.332. The zero-order chi connectivity index (χ0) is 21.9. The summed E-state index contributed by atoms with van der Waals surface area (Å²) in [5.74, 6) is 1.53. The van der Waals surface area contributed by atoms with E-state index in [0.717, 1.165) is 0 Å². The second kappa shape index (κ2) is 9.27. The average Bonchev–Trinajstić information content (AvgIpc) is 3.46. The van der Waals surface area contributed by atoms with Crippen LogP contribution in [0.15, 0.2) is 58.2 Å². The number of nitrogens with zero attached hydrogens (tertiary/aromatic N) is 6. The van der Waals surface area contributed by atoms with Gasteiger partial charge < -0.3 is 14.2 Å². The lowest BCUT2D eigenvalue weighted by Crippen LogP contribution is -2.37. The van der Waals surface area contributed by atoms with Gasteiger partial charge in [-0.1, -0.05) is 46.7 Å². The van der Waals surface area contributed by atoms with Crippen molar-refractivity contribution in [2.24, 2.45) is 0 Å². The number of morpholine rings is 1. The first-order chi connectivity index (χ1) is 15.7. The van der Waals surface area contributed by atoms with E-state index >= 15 is 0 Å². The molecule has 8 nitrogen and oxygen atoms in total. The molecule has 1 aliphatic heterocycles. The highest BCUT2D eigenvalue weighted by Crippen LogP contribution is 2.30. The van der Waals surface area contributed by atoms with Crippen LogP contribution in [0.2, 0.25) is 5.02 Å². The van der Waals surface area contributed by atoms with Gasteiger partial charge in [0.25, 0.3) is 0 Å². The first-order valence-corrected chi connectivity index (χ1v) is 11.3. The Balaban J connectivity index is 1.41. The molecule has 164 valence electrons. The summed E-state index contributed by atoms with van der Waals surface area (Å²) in [7, 11) is 0. The van der Waals surface area contributed by atoms with Crippen molar-refractivity contribution < 1.29 is 13.7 Å². The molecule has 1 saturated heterocycles. The topological polar surface area (TPSA) is 82.1 Å². The van der Waals surface area contributed by atoms with E-state index < -0.39 is 0 Å². The quantitative estimate of drug-likeness (QED) is 0.385. The first kappa shape index (κ1) is 20.9. The Hall–Kier alpha value is -2.95. The van der Waals surface area contributed by atoms with Gasteiger partial charge in [-0.25, -0.2) is 4.39 Å². The fourth-order valence-corrected chi connectivity index (χ4v) is 4.36. The van der Waals surface area contributed by atoms with Gasteiger partial charge in [-0.05, 0) is 30.3 Å². The van der Waals surface area contributed by atoms with Crippen molar-refractivity contribution >= 4 is 29.3 Å². The molecule has 0 spiro atoms. The highest BCUT2D eigenvalue weighted by atomic mass is 35.5. The van der Waals surface area contributed by atoms with Crippen LogP contribution in [0, 0.1) is 5.82 Å². The zero-order valence-electron chi connectivity index (χ0n) is 16.8. The lowest BCUT2D eigenvalue weighted by atomic mass is 10.2. The molecule has 0 aliphatic carbocycles. The van der Waals surface area contributed by atoms with Crippen LogP contribution >= 0.6 is 23.4 Å². The molecule has 2 aromatic heterocycles. The maximum atomic E-state index is 14.0. The third-order valence-corrected chi connectivity index (χ3v) is 6.13. The van der Waals surface area contributed by atoms with Crippen LogP contribution in [-0.2, 0) is 10.5 Å². The van der Waals surface area contributed by atoms with Gasteiger partial charge in [-0.15, -0.1) is 10.2 Å². The number of hydrogen-bond acceptors (Lipinski definition) is 8. The molecule has 4 aromatic rings. The van der Waals surface area contributed by atoms with Crippen LogP contribution in [0.3, 0.4) is 0 Å². The number of halogens is 2. The second-order valence-electron chi connectivity index (χ2n) is 6.98. The van der Waals surface area contributed by atoms with E-state index in [2.05, 4.69) is 25.2 Å². The molecule has 1 aliphatic rings. The maximum Gasteiger partial charge on any atom is 0.237 e. The summed E-state index contributed by atoms with van der Waals surface area (Å²) in [6.45, 7) is 2.57. The molecule has 0 saturated carbocycles. The summed E-state index contributed by atoms with van der Waals surface area (Å²) in [4.78, 5) is 6.52. The Labute approximate surface area is 192 Å². The van der Waals surface area contributed by atoms with E-state index in [0.29, 0.717) is 71.1 Å². The maximum absolute atomic E-state index is 14.0. The number of rotatable bonds is 6. The molecular formula is C21H18ClFN6O2S. The average molecular weight is 473 g/mol. The van der Waals surface area contributed by atoms with Gasteiger partial charge >= 0.3 is 0 Å². The Morgan fingerprint density at radius 2 is 1.91 bits per heavy atom. The van der Waals surface area contributed by atoms with Crippen LogP contribution in [0.25, 0.3) is 17.1 Å². The molecule has 0 radical (unpaired) electrons. The van der Waals surface area contributed by atoms with E-state index in [9.17, 15) is 4.39 Å². The minimum atomic E-state index is -0.332. The Bertz CT molecular complexity index is 1230. The molecule has 0 N–H and O–H groups in total. The number of thioether (sulfide) groups is 1. The van der Waals surface area contributed by atoms with Crippen LogP contribution in [0.4, 0.5) is 10.3 Å². The van der Waals surface area contributed by atoms with Gasteiger partial charge in [0.1, 0.15) is 5.82 Å². The highest BCUT2D eigenvalue weighted by Gasteiger charge is 2.23. The van der Waals surface area contributed by atoms with E-state index in [1.165, 1.54) is 23.9 Å². The molecule has 32 heavy (non-hydrogen) atoms. The number of ether oxygens (including phenoxy) is 1. The molecule has 0 unspecified atom stereocenters. The molecule has 2 aromatic carbocycles.